The third kappa shape index (κ3) is 4.56. The van der Waals surface area contributed by atoms with Crippen LogP contribution in [0.4, 0.5) is 4.79 Å². The van der Waals surface area contributed by atoms with Gasteiger partial charge >= 0.3 is 6.03 Å². The fourth-order valence-electron chi connectivity index (χ4n) is 2.90. The molecule has 0 atom stereocenters. The molecule has 2 N–H and O–H groups in total. The minimum absolute atomic E-state index is 0.0760. The van der Waals surface area contributed by atoms with Gasteiger partial charge in [-0.25, -0.2) is 4.79 Å². The number of aromatic nitrogens is 3. The first-order valence-corrected chi connectivity index (χ1v) is 9.78. The molecule has 1 heterocycles. The number of halogens is 1. The molecule has 1 aliphatic rings. The molecular weight excluding hydrogens is 374 g/mol. The number of hydrogen-bond donors (Lipinski definition) is 2. The molecule has 0 saturated heterocycles. The van der Waals surface area contributed by atoms with Crippen LogP contribution in [0.5, 0.6) is 0 Å². The lowest BCUT2D eigenvalue weighted by atomic mass is 10.2. The smallest absolute Gasteiger partial charge is 0.321 e. The van der Waals surface area contributed by atoms with Gasteiger partial charge in [-0.15, -0.1) is 10.2 Å². The Bertz CT molecular complexity index is 804. The Balaban J connectivity index is 1.54. The van der Waals surface area contributed by atoms with Crippen LogP contribution in [0.3, 0.4) is 0 Å². The molecule has 1 aromatic heterocycles. The van der Waals surface area contributed by atoms with Crippen LogP contribution in [-0.2, 0) is 11.8 Å². The molecule has 0 bridgehead atoms. The van der Waals surface area contributed by atoms with E-state index in [1.807, 2.05) is 25.2 Å². The molecule has 1 aromatic carbocycles. The standard InChI is InChI=1S/C17H20ClN5O2S/c1-23-15(12-8-4-5-9-13(12)18)21-22-17(23)26-10-14(24)20-16(25)19-11-6-2-3-7-11/h4-5,8-9,11H,2-3,6-7,10H2,1H3,(H2,19,20,24,25). The minimum Gasteiger partial charge on any atom is -0.335 e. The van der Waals surface area contributed by atoms with E-state index >= 15 is 0 Å². The van der Waals surface area contributed by atoms with Crippen LogP contribution < -0.4 is 10.6 Å². The number of rotatable bonds is 5. The highest BCUT2D eigenvalue weighted by Crippen LogP contribution is 2.28. The van der Waals surface area contributed by atoms with Crippen molar-refractivity contribution >= 4 is 35.3 Å². The van der Waals surface area contributed by atoms with Gasteiger partial charge in [-0.2, -0.15) is 0 Å². The lowest BCUT2D eigenvalue weighted by Gasteiger charge is -2.12. The monoisotopic (exact) mass is 393 g/mol. The molecule has 1 saturated carbocycles. The minimum atomic E-state index is -0.433. The number of amides is 3. The number of carbonyl (C=O) groups excluding carboxylic acids is 2. The number of imide groups is 1. The number of nitrogens with one attached hydrogen (secondary N) is 2. The van der Waals surface area contributed by atoms with Gasteiger partial charge in [-0.3, -0.25) is 10.1 Å². The summed E-state index contributed by atoms with van der Waals surface area (Å²) in [7, 11) is 1.81. The molecule has 2 aromatic rings. The fraction of sp³-hybridized carbons (Fsp3) is 0.412. The van der Waals surface area contributed by atoms with E-state index in [2.05, 4.69) is 20.8 Å². The van der Waals surface area contributed by atoms with Crippen molar-refractivity contribution in [2.24, 2.45) is 7.05 Å². The highest BCUT2D eigenvalue weighted by Gasteiger charge is 2.19. The molecule has 0 radical (unpaired) electrons. The summed E-state index contributed by atoms with van der Waals surface area (Å²) in [6.45, 7) is 0. The van der Waals surface area contributed by atoms with Crippen molar-refractivity contribution in [3.05, 3.63) is 29.3 Å². The van der Waals surface area contributed by atoms with E-state index in [0.717, 1.165) is 31.2 Å². The SMILES string of the molecule is Cn1c(SCC(=O)NC(=O)NC2CCCC2)nnc1-c1ccccc1Cl. The van der Waals surface area contributed by atoms with E-state index in [1.165, 1.54) is 11.8 Å². The summed E-state index contributed by atoms with van der Waals surface area (Å²) in [4.78, 5) is 23.8. The first kappa shape index (κ1) is 18.7. The van der Waals surface area contributed by atoms with Crippen molar-refractivity contribution in [1.29, 1.82) is 0 Å². The first-order valence-electron chi connectivity index (χ1n) is 8.42. The second-order valence-corrected chi connectivity index (χ2v) is 7.49. The van der Waals surface area contributed by atoms with Crippen molar-refractivity contribution in [2.75, 3.05) is 5.75 Å². The molecule has 3 rings (SSSR count). The molecular formula is C17H20ClN5O2S. The van der Waals surface area contributed by atoms with Crippen LogP contribution in [0.25, 0.3) is 11.4 Å². The third-order valence-electron chi connectivity index (χ3n) is 4.23. The summed E-state index contributed by atoms with van der Waals surface area (Å²) in [5.41, 5.74) is 0.774. The van der Waals surface area contributed by atoms with Crippen molar-refractivity contribution in [2.45, 2.75) is 36.9 Å². The number of hydrogen-bond acceptors (Lipinski definition) is 5. The fourth-order valence-corrected chi connectivity index (χ4v) is 3.83. The predicted octanol–water partition coefficient (Wildman–Crippen LogP) is 3.00. The van der Waals surface area contributed by atoms with Crippen LogP contribution >= 0.6 is 23.4 Å². The number of nitrogens with zero attached hydrogens (tertiary/aromatic N) is 3. The van der Waals surface area contributed by atoms with Gasteiger partial charge in [0.05, 0.1) is 10.8 Å². The zero-order chi connectivity index (χ0) is 18.5. The quantitative estimate of drug-likeness (QED) is 0.762. The normalized spacial score (nSPS) is 14.4. The second-order valence-electron chi connectivity index (χ2n) is 6.14. The van der Waals surface area contributed by atoms with Gasteiger partial charge in [0.15, 0.2) is 11.0 Å². The summed E-state index contributed by atoms with van der Waals surface area (Å²) in [6, 6.07) is 7.11. The van der Waals surface area contributed by atoms with Gasteiger partial charge in [-0.1, -0.05) is 48.3 Å². The van der Waals surface area contributed by atoms with Gasteiger partial charge in [0, 0.05) is 18.7 Å². The van der Waals surface area contributed by atoms with E-state index in [0.29, 0.717) is 16.0 Å². The van der Waals surface area contributed by atoms with Crippen LogP contribution in [0.2, 0.25) is 5.02 Å². The third-order valence-corrected chi connectivity index (χ3v) is 5.58. The predicted molar refractivity (Wildman–Crippen MR) is 101 cm³/mol. The summed E-state index contributed by atoms with van der Waals surface area (Å²) < 4.78 is 1.78. The van der Waals surface area contributed by atoms with Crippen molar-refractivity contribution in [3.8, 4) is 11.4 Å². The molecule has 26 heavy (non-hydrogen) atoms. The van der Waals surface area contributed by atoms with E-state index in [9.17, 15) is 9.59 Å². The topological polar surface area (TPSA) is 88.9 Å². The average molecular weight is 394 g/mol. The van der Waals surface area contributed by atoms with Crippen LogP contribution in [0.1, 0.15) is 25.7 Å². The maximum Gasteiger partial charge on any atom is 0.321 e. The Kier molecular flexibility index (Phi) is 6.16. The molecule has 0 spiro atoms. The molecule has 0 aliphatic heterocycles. The van der Waals surface area contributed by atoms with Gasteiger partial charge in [0.2, 0.25) is 5.91 Å². The molecule has 0 unspecified atom stereocenters. The lowest BCUT2D eigenvalue weighted by Crippen LogP contribution is -2.44. The Morgan fingerprint density at radius 3 is 2.73 bits per heavy atom. The Labute approximate surface area is 160 Å². The highest BCUT2D eigenvalue weighted by atomic mass is 35.5. The number of thioether (sulfide) groups is 1. The van der Waals surface area contributed by atoms with Crippen molar-refractivity contribution < 1.29 is 9.59 Å². The van der Waals surface area contributed by atoms with Crippen LogP contribution in [0.15, 0.2) is 29.4 Å². The first-order chi connectivity index (χ1) is 12.5. The maximum absolute atomic E-state index is 12.0. The van der Waals surface area contributed by atoms with Gasteiger partial charge in [-0.05, 0) is 25.0 Å². The van der Waals surface area contributed by atoms with E-state index in [4.69, 9.17) is 11.6 Å². The average Bonchev–Trinajstić information content (AvgIpc) is 3.23. The van der Waals surface area contributed by atoms with E-state index in [1.54, 1.807) is 10.6 Å². The lowest BCUT2D eigenvalue weighted by molar-refractivity contribution is -0.117. The Hall–Kier alpha value is -2.06. The Morgan fingerprint density at radius 2 is 2.00 bits per heavy atom. The number of urea groups is 1. The summed E-state index contributed by atoms with van der Waals surface area (Å²) in [5.74, 6) is 0.331. The molecule has 1 aliphatic carbocycles. The number of benzene rings is 1. The zero-order valence-electron chi connectivity index (χ0n) is 14.4. The summed E-state index contributed by atoms with van der Waals surface area (Å²) in [6.07, 6.45) is 4.18. The van der Waals surface area contributed by atoms with Crippen molar-refractivity contribution in [1.82, 2.24) is 25.4 Å². The molecule has 3 amide bonds. The van der Waals surface area contributed by atoms with Crippen LogP contribution in [-0.4, -0.2) is 38.5 Å². The Morgan fingerprint density at radius 1 is 1.27 bits per heavy atom. The summed E-state index contributed by atoms with van der Waals surface area (Å²) in [5, 5.41) is 14.6. The molecule has 138 valence electrons. The highest BCUT2D eigenvalue weighted by molar-refractivity contribution is 7.99. The molecule has 7 nitrogen and oxygen atoms in total. The van der Waals surface area contributed by atoms with Crippen LogP contribution in [0, 0.1) is 0 Å². The molecule has 9 heteroatoms. The number of carbonyl (C=O) groups is 2. The van der Waals surface area contributed by atoms with Crippen molar-refractivity contribution in [3.63, 3.8) is 0 Å². The largest absolute Gasteiger partial charge is 0.335 e. The van der Waals surface area contributed by atoms with Gasteiger partial charge < -0.3 is 9.88 Å². The van der Waals surface area contributed by atoms with E-state index < -0.39 is 6.03 Å². The van der Waals surface area contributed by atoms with Gasteiger partial charge in [0.25, 0.3) is 0 Å². The molecule has 1 fully saturated rings. The maximum atomic E-state index is 12.0. The summed E-state index contributed by atoms with van der Waals surface area (Å²) >= 11 is 7.41. The second kappa shape index (κ2) is 8.55. The van der Waals surface area contributed by atoms with Gasteiger partial charge in [0.1, 0.15) is 0 Å². The van der Waals surface area contributed by atoms with E-state index in [-0.39, 0.29) is 17.7 Å². The zero-order valence-corrected chi connectivity index (χ0v) is 15.9.